The summed E-state index contributed by atoms with van der Waals surface area (Å²) in [5, 5.41) is 4.57. The number of nitrogens with one attached hydrogen (secondary N) is 1. The maximum absolute atomic E-state index is 12.9. The van der Waals surface area contributed by atoms with Crippen LogP contribution in [0.2, 0.25) is 0 Å². The third-order valence-corrected chi connectivity index (χ3v) is 4.68. The Morgan fingerprint density at radius 2 is 1.76 bits per heavy atom. The Hall–Kier alpha value is -4.04. The van der Waals surface area contributed by atoms with Gasteiger partial charge in [0.1, 0.15) is 18.1 Å². The molecule has 3 aromatic carbocycles. The van der Waals surface area contributed by atoms with Gasteiger partial charge in [-0.05, 0) is 28.5 Å². The number of nitrogens with zero attached hydrogens (tertiary/aromatic N) is 1. The van der Waals surface area contributed by atoms with Crippen LogP contribution in [0.25, 0.3) is 16.8 Å². The quantitative estimate of drug-likeness (QED) is 0.413. The standard InChI is InChI=1S/C24H18N2O3/c1-2-14-29-22-13-12-18-10-6-7-11-19(18)20(22)15-21-23(27)26(24(28)25-21)16-17-8-4-3-5-9-17/h1,3-13,15H,14,16H2,(H,25,28)/b21-15+. The number of hydrogen-bond acceptors (Lipinski definition) is 3. The molecule has 0 aliphatic carbocycles. The van der Waals surface area contributed by atoms with Gasteiger partial charge in [-0.25, -0.2) is 4.79 Å². The van der Waals surface area contributed by atoms with Crippen molar-refractivity contribution in [3.8, 4) is 18.1 Å². The minimum Gasteiger partial charge on any atom is -0.480 e. The Balaban J connectivity index is 1.72. The number of fused-ring (bicyclic) bond motifs is 1. The van der Waals surface area contributed by atoms with E-state index < -0.39 is 6.03 Å². The molecule has 1 fully saturated rings. The number of rotatable bonds is 5. The topological polar surface area (TPSA) is 58.6 Å². The maximum Gasteiger partial charge on any atom is 0.329 e. The molecule has 1 heterocycles. The highest BCUT2D eigenvalue weighted by Crippen LogP contribution is 2.31. The van der Waals surface area contributed by atoms with Crippen LogP contribution in [0.3, 0.4) is 0 Å². The molecule has 0 aromatic heterocycles. The van der Waals surface area contributed by atoms with Crippen LogP contribution in [0.4, 0.5) is 4.79 Å². The van der Waals surface area contributed by atoms with Crippen molar-refractivity contribution in [1.29, 1.82) is 0 Å². The van der Waals surface area contributed by atoms with Crippen molar-refractivity contribution in [3.63, 3.8) is 0 Å². The van der Waals surface area contributed by atoms with Crippen LogP contribution in [-0.4, -0.2) is 23.4 Å². The normalized spacial score (nSPS) is 14.9. The van der Waals surface area contributed by atoms with E-state index in [2.05, 4.69) is 11.2 Å². The first kappa shape index (κ1) is 18.3. The van der Waals surface area contributed by atoms with Gasteiger partial charge in [0, 0.05) is 5.56 Å². The van der Waals surface area contributed by atoms with Gasteiger partial charge in [-0.2, -0.15) is 0 Å². The lowest BCUT2D eigenvalue weighted by molar-refractivity contribution is -0.123. The van der Waals surface area contributed by atoms with Crippen LogP contribution in [0.15, 0.2) is 72.4 Å². The Kier molecular flexibility index (Phi) is 5.00. The SMILES string of the molecule is C#CCOc1ccc2ccccc2c1/C=C1/NC(=O)N(Cc2ccccc2)C1=O. The summed E-state index contributed by atoms with van der Waals surface area (Å²) in [6.45, 7) is 0.313. The molecule has 142 valence electrons. The Labute approximate surface area is 168 Å². The highest BCUT2D eigenvalue weighted by atomic mass is 16.5. The number of terminal acetylenes is 1. The lowest BCUT2D eigenvalue weighted by Gasteiger charge is -2.12. The first-order valence-corrected chi connectivity index (χ1v) is 9.14. The predicted octanol–water partition coefficient (Wildman–Crippen LogP) is 3.94. The first-order valence-electron chi connectivity index (χ1n) is 9.14. The van der Waals surface area contributed by atoms with Crippen molar-refractivity contribution in [2.45, 2.75) is 6.54 Å². The summed E-state index contributed by atoms with van der Waals surface area (Å²) in [6.07, 6.45) is 6.98. The molecule has 4 rings (SSSR count). The van der Waals surface area contributed by atoms with E-state index in [-0.39, 0.29) is 24.8 Å². The van der Waals surface area contributed by atoms with Gasteiger partial charge >= 0.3 is 6.03 Å². The van der Waals surface area contributed by atoms with Gasteiger partial charge in [0.2, 0.25) is 0 Å². The Morgan fingerprint density at radius 1 is 1.00 bits per heavy atom. The first-order chi connectivity index (χ1) is 14.2. The third kappa shape index (κ3) is 3.69. The summed E-state index contributed by atoms with van der Waals surface area (Å²) in [7, 11) is 0. The molecule has 1 N–H and O–H groups in total. The minimum atomic E-state index is -0.448. The Bertz CT molecular complexity index is 1160. The van der Waals surface area contributed by atoms with Crippen molar-refractivity contribution in [3.05, 3.63) is 83.6 Å². The van der Waals surface area contributed by atoms with Crippen molar-refractivity contribution < 1.29 is 14.3 Å². The van der Waals surface area contributed by atoms with Gasteiger partial charge in [0.15, 0.2) is 0 Å². The number of amides is 3. The minimum absolute atomic E-state index is 0.106. The van der Waals surface area contributed by atoms with E-state index in [4.69, 9.17) is 11.2 Å². The van der Waals surface area contributed by atoms with Crippen molar-refractivity contribution in [2.24, 2.45) is 0 Å². The van der Waals surface area contributed by atoms with Crippen LogP contribution >= 0.6 is 0 Å². The van der Waals surface area contributed by atoms with Gasteiger partial charge in [-0.1, -0.05) is 66.6 Å². The van der Waals surface area contributed by atoms with E-state index >= 15 is 0 Å². The van der Waals surface area contributed by atoms with Crippen LogP contribution in [0, 0.1) is 12.3 Å². The summed E-state index contributed by atoms with van der Waals surface area (Å²) in [5.41, 5.74) is 1.77. The zero-order valence-electron chi connectivity index (χ0n) is 15.6. The van der Waals surface area contributed by atoms with E-state index in [0.29, 0.717) is 11.3 Å². The molecule has 5 nitrogen and oxygen atoms in total. The molecule has 1 aliphatic heterocycles. The summed E-state index contributed by atoms with van der Waals surface area (Å²) in [5.74, 6) is 2.62. The number of imide groups is 1. The number of carbonyl (C=O) groups is 2. The fourth-order valence-electron chi connectivity index (χ4n) is 3.30. The molecule has 0 unspecified atom stereocenters. The Morgan fingerprint density at radius 3 is 2.55 bits per heavy atom. The average Bonchev–Trinajstić information content (AvgIpc) is 3.01. The second-order valence-electron chi connectivity index (χ2n) is 6.56. The molecule has 0 saturated carbocycles. The molecule has 0 radical (unpaired) electrons. The van der Waals surface area contributed by atoms with E-state index in [0.717, 1.165) is 16.3 Å². The molecular weight excluding hydrogens is 364 g/mol. The second-order valence-corrected chi connectivity index (χ2v) is 6.56. The van der Waals surface area contributed by atoms with Crippen LogP contribution in [-0.2, 0) is 11.3 Å². The average molecular weight is 382 g/mol. The van der Waals surface area contributed by atoms with E-state index in [1.54, 1.807) is 6.08 Å². The fourth-order valence-corrected chi connectivity index (χ4v) is 3.30. The van der Waals surface area contributed by atoms with Crippen molar-refractivity contribution in [1.82, 2.24) is 10.2 Å². The van der Waals surface area contributed by atoms with Crippen LogP contribution < -0.4 is 10.1 Å². The van der Waals surface area contributed by atoms with Gasteiger partial charge in [0.25, 0.3) is 5.91 Å². The van der Waals surface area contributed by atoms with Gasteiger partial charge in [0.05, 0.1) is 6.54 Å². The molecule has 0 bridgehead atoms. The highest BCUT2D eigenvalue weighted by Gasteiger charge is 2.33. The number of ether oxygens (including phenoxy) is 1. The number of urea groups is 1. The second kappa shape index (κ2) is 7.91. The molecule has 3 aromatic rings. The number of benzene rings is 3. The van der Waals surface area contributed by atoms with Crippen molar-refractivity contribution >= 4 is 28.8 Å². The third-order valence-electron chi connectivity index (χ3n) is 4.68. The van der Waals surface area contributed by atoms with E-state index in [9.17, 15) is 9.59 Å². The smallest absolute Gasteiger partial charge is 0.329 e. The van der Waals surface area contributed by atoms with E-state index in [1.807, 2.05) is 66.7 Å². The molecule has 0 spiro atoms. The lowest BCUT2D eigenvalue weighted by Crippen LogP contribution is -2.30. The molecule has 1 saturated heterocycles. The van der Waals surface area contributed by atoms with Crippen LogP contribution in [0.5, 0.6) is 5.75 Å². The van der Waals surface area contributed by atoms with Gasteiger partial charge in [-0.15, -0.1) is 6.42 Å². The highest BCUT2D eigenvalue weighted by molar-refractivity contribution is 6.14. The summed E-state index contributed by atoms with van der Waals surface area (Å²) < 4.78 is 5.67. The van der Waals surface area contributed by atoms with Gasteiger partial charge < -0.3 is 10.1 Å². The zero-order valence-corrected chi connectivity index (χ0v) is 15.6. The largest absolute Gasteiger partial charge is 0.480 e. The molecule has 1 aliphatic rings. The van der Waals surface area contributed by atoms with E-state index in [1.165, 1.54) is 4.90 Å². The molecule has 3 amide bonds. The fraction of sp³-hybridized carbons (Fsp3) is 0.0833. The summed E-state index contributed by atoms with van der Waals surface area (Å²) >= 11 is 0. The number of carbonyl (C=O) groups excluding carboxylic acids is 2. The number of hydrogen-bond donors (Lipinski definition) is 1. The zero-order chi connectivity index (χ0) is 20.2. The lowest BCUT2D eigenvalue weighted by atomic mass is 10.0. The summed E-state index contributed by atoms with van der Waals surface area (Å²) in [4.78, 5) is 26.5. The summed E-state index contributed by atoms with van der Waals surface area (Å²) in [6, 6.07) is 20.4. The molecule has 29 heavy (non-hydrogen) atoms. The molecular formula is C24H18N2O3. The van der Waals surface area contributed by atoms with Crippen molar-refractivity contribution in [2.75, 3.05) is 6.61 Å². The monoisotopic (exact) mass is 382 g/mol. The molecule has 5 heteroatoms. The maximum atomic E-state index is 12.9. The van der Waals surface area contributed by atoms with Crippen LogP contribution in [0.1, 0.15) is 11.1 Å². The predicted molar refractivity (Wildman–Crippen MR) is 112 cm³/mol. The molecule has 0 atom stereocenters. The van der Waals surface area contributed by atoms with Gasteiger partial charge in [-0.3, -0.25) is 9.69 Å².